The van der Waals surface area contributed by atoms with Crippen LogP contribution in [0.1, 0.15) is 61.6 Å². The van der Waals surface area contributed by atoms with Gasteiger partial charge in [-0.25, -0.2) is 4.79 Å². The first kappa shape index (κ1) is 19.3. The van der Waals surface area contributed by atoms with Gasteiger partial charge in [-0.1, -0.05) is 13.3 Å². The molecule has 1 aromatic carbocycles. The lowest BCUT2D eigenvalue weighted by Gasteiger charge is -2.13. The monoisotopic (exact) mass is 372 g/mol. The van der Waals surface area contributed by atoms with Gasteiger partial charge in [-0.15, -0.1) is 0 Å². The number of hydrogen-bond donors (Lipinski definition) is 1. The summed E-state index contributed by atoms with van der Waals surface area (Å²) in [7, 11) is 1.60. The fourth-order valence-electron chi connectivity index (χ4n) is 3.63. The largest absolute Gasteiger partial charge is 0.497 e. The second-order valence-corrected chi connectivity index (χ2v) is 7.28. The number of nitrogens with one attached hydrogen (secondary N) is 1. The van der Waals surface area contributed by atoms with Crippen molar-refractivity contribution in [3.8, 4) is 5.75 Å². The van der Waals surface area contributed by atoms with Gasteiger partial charge in [0.05, 0.1) is 12.7 Å². The molecule has 6 heteroatoms. The van der Waals surface area contributed by atoms with Gasteiger partial charge < -0.3 is 19.4 Å². The third-order valence-corrected chi connectivity index (χ3v) is 5.04. The molecule has 3 rings (SSSR count). The summed E-state index contributed by atoms with van der Waals surface area (Å²) in [6, 6.07) is 6.25. The highest BCUT2D eigenvalue weighted by Gasteiger charge is 2.31. The number of methoxy groups -OCH3 is 1. The van der Waals surface area contributed by atoms with Crippen LogP contribution in [0.5, 0.6) is 5.75 Å². The van der Waals surface area contributed by atoms with E-state index < -0.39 is 5.97 Å². The van der Waals surface area contributed by atoms with E-state index in [-0.39, 0.29) is 18.6 Å². The Morgan fingerprint density at radius 2 is 2.07 bits per heavy atom. The van der Waals surface area contributed by atoms with Crippen molar-refractivity contribution in [1.29, 1.82) is 0 Å². The van der Waals surface area contributed by atoms with Crippen molar-refractivity contribution in [2.24, 2.45) is 0 Å². The molecule has 27 heavy (non-hydrogen) atoms. The maximum absolute atomic E-state index is 12.8. The van der Waals surface area contributed by atoms with E-state index in [1.54, 1.807) is 7.11 Å². The highest BCUT2D eigenvalue weighted by molar-refractivity contribution is 6.06. The molecule has 1 saturated carbocycles. The van der Waals surface area contributed by atoms with E-state index in [0.29, 0.717) is 17.4 Å². The number of fused-ring (bicyclic) bond motifs is 1. The Balaban J connectivity index is 1.81. The summed E-state index contributed by atoms with van der Waals surface area (Å²) in [6.07, 6.45) is 4.11. The number of carbonyl (C=O) groups is 2. The van der Waals surface area contributed by atoms with Crippen molar-refractivity contribution in [1.82, 2.24) is 9.88 Å². The van der Waals surface area contributed by atoms with Crippen LogP contribution >= 0.6 is 0 Å². The highest BCUT2D eigenvalue weighted by Crippen LogP contribution is 2.42. The summed E-state index contributed by atoms with van der Waals surface area (Å²) in [5, 5.41) is 3.66. The minimum absolute atomic E-state index is 0.0731. The van der Waals surface area contributed by atoms with E-state index in [1.807, 2.05) is 32.0 Å². The Morgan fingerprint density at radius 3 is 2.70 bits per heavy atom. The first-order valence-corrected chi connectivity index (χ1v) is 9.61. The molecule has 0 aliphatic heterocycles. The Kier molecular flexibility index (Phi) is 5.73. The molecule has 0 saturated heterocycles. The van der Waals surface area contributed by atoms with Gasteiger partial charge in [0.1, 0.15) is 5.75 Å². The summed E-state index contributed by atoms with van der Waals surface area (Å²) in [5.41, 5.74) is 2.40. The van der Waals surface area contributed by atoms with Gasteiger partial charge in [-0.05, 0) is 51.3 Å². The number of amides is 1. The van der Waals surface area contributed by atoms with Crippen molar-refractivity contribution in [2.45, 2.75) is 58.5 Å². The van der Waals surface area contributed by atoms with E-state index in [2.05, 4.69) is 16.8 Å². The lowest BCUT2D eigenvalue weighted by Crippen LogP contribution is -2.35. The third kappa shape index (κ3) is 4.10. The van der Waals surface area contributed by atoms with Gasteiger partial charge in [0.15, 0.2) is 6.61 Å². The summed E-state index contributed by atoms with van der Waals surface area (Å²) in [4.78, 5) is 24.8. The standard InChI is InChI=1S/C21H28N2O4/c1-5-6-13(2)22-19(24)12-27-21(25)20-14(3)23(15-7-8-15)18-10-9-16(26-4)11-17(18)20/h9-11,13,15H,5-8,12H2,1-4H3,(H,22,24). The molecule has 0 radical (unpaired) electrons. The van der Waals surface area contributed by atoms with Crippen molar-refractivity contribution in [3.63, 3.8) is 0 Å². The van der Waals surface area contributed by atoms with E-state index in [0.717, 1.165) is 42.3 Å². The van der Waals surface area contributed by atoms with Crippen LogP contribution in [-0.2, 0) is 9.53 Å². The van der Waals surface area contributed by atoms with Gasteiger partial charge in [0.2, 0.25) is 0 Å². The summed E-state index contributed by atoms with van der Waals surface area (Å²) >= 11 is 0. The zero-order valence-corrected chi connectivity index (χ0v) is 16.5. The normalized spacial score (nSPS) is 14.8. The molecule has 1 aliphatic carbocycles. The van der Waals surface area contributed by atoms with Gasteiger partial charge in [0.25, 0.3) is 5.91 Å². The highest BCUT2D eigenvalue weighted by atomic mass is 16.5. The minimum Gasteiger partial charge on any atom is -0.497 e. The zero-order valence-electron chi connectivity index (χ0n) is 16.5. The molecule has 2 aromatic rings. The van der Waals surface area contributed by atoms with E-state index in [4.69, 9.17) is 9.47 Å². The van der Waals surface area contributed by atoms with Crippen molar-refractivity contribution in [3.05, 3.63) is 29.5 Å². The Hall–Kier alpha value is -2.50. The predicted molar refractivity (Wildman–Crippen MR) is 104 cm³/mol. The SMILES string of the molecule is CCCC(C)NC(=O)COC(=O)c1c(C)n(C2CC2)c2ccc(OC)cc12. The molecule has 1 N–H and O–H groups in total. The number of benzene rings is 1. The third-order valence-electron chi connectivity index (χ3n) is 5.04. The van der Waals surface area contributed by atoms with E-state index in [1.165, 1.54) is 0 Å². The number of nitrogens with zero attached hydrogens (tertiary/aromatic N) is 1. The maximum Gasteiger partial charge on any atom is 0.341 e. The number of aromatic nitrogens is 1. The fraction of sp³-hybridized carbons (Fsp3) is 0.524. The molecule has 0 spiro atoms. The quantitative estimate of drug-likeness (QED) is 0.717. The smallest absolute Gasteiger partial charge is 0.341 e. The second-order valence-electron chi connectivity index (χ2n) is 7.28. The predicted octanol–water partition coefficient (Wildman–Crippen LogP) is 3.75. The van der Waals surface area contributed by atoms with Crippen LogP contribution in [0.3, 0.4) is 0 Å². The van der Waals surface area contributed by atoms with Crippen molar-refractivity contribution < 1.29 is 19.1 Å². The summed E-state index contributed by atoms with van der Waals surface area (Å²) in [6.45, 7) is 5.68. The molecule has 146 valence electrons. The molecule has 1 heterocycles. The molecule has 1 fully saturated rings. The van der Waals surface area contributed by atoms with E-state index in [9.17, 15) is 9.59 Å². The van der Waals surface area contributed by atoms with Gasteiger partial charge in [0, 0.05) is 28.7 Å². The Morgan fingerprint density at radius 1 is 1.33 bits per heavy atom. The topological polar surface area (TPSA) is 69.6 Å². The molecule has 1 atom stereocenters. The summed E-state index contributed by atoms with van der Waals surface area (Å²) in [5.74, 6) is -0.0513. The van der Waals surface area contributed by atoms with E-state index >= 15 is 0 Å². The van der Waals surface area contributed by atoms with Crippen LogP contribution in [0.2, 0.25) is 0 Å². The maximum atomic E-state index is 12.8. The Labute approximate surface area is 159 Å². The first-order valence-electron chi connectivity index (χ1n) is 9.61. The number of esters is 1. The molecule has 1 amide bonds. The second kappa shape index (κ2) is 8.03. The average Bonchev–Trinajstić information content (AvgIpc) is 3.42. The van der Waals surface area contributed by atoms with Crippen LogP contribution < -0.4 is 10.1 Å². The number of hydrogen-bond acceptors (Lipinski definition) is 4. The molecule has 1 unspecified atom stereocenters. The molecular weight excluding hydrogens is 344 g/mol. The summed E-state index contributed by atoms with van der Waals surface area (Å²) < 4.78 is 12.9. The van der Waals surface area contributed by atoms with Gasteiger partial charge in [-0.2, -0.15) is 0 Å². The molecule has 0 bridgehead atoms. The lowest BCUT2D eigenvalue weighted by molar-refractivity contribution is -0.124. The van der Waals surface area contributed by atoms with Crippen LogP contribution in [0.25, 0.3) is 10.9 Å². The van der Waals surface area contributed by atoms with Crippen LogP contribution in [-0.4, -0.2) is 36.2 Å². The molecule has 1 aliphatic rings. The number of rotatable bonds is 8. The van der Waals surface area contributed by atoms with Crippen LogP contribution in [0.15, 0.2) is 18.2 Å². The first-order chi connectivity index (χ1) is 13.0. The van der Waals surface area contributed by atoms with Gasteiger partial charge >= 0.3 is 5.97 Å². The number of ether oxygens (including phenoxy) is 2. The minimum atomic E-state index is -0.469. The lowest BCUT2D eigenvalue weighted by atomic mass is 10.1. The average molecular weight is 372 g/mol. The fourth-order valence-corrected chi connectivity index (χ4v) is 3.63. The number of carbonyl (C=O) groups excluding carboxylic acids is 2. The van der Waals surface area contributed by atoms with Crippen molar-refractivity contribution in [2.75, 3.05) is 13.7 Å². The zero-order chi connectivity index (χ0) is 19.6. The molecular formula is C21H28N2O4. The molecule has 6 nitrogen and oxygen atoms in total. The van der Waals surface area contributed by atoms with Gasteiger partial charge in [-0.3, -0.25) is 4.79 Å². The molecule has 1 aromatic heterocycles. The van der Waals surface area contributed by atoms with Crippen molar-refractivity contribution >= 4 is 22.8 Å². The van der Waals surface area contributed by atoms with Crippen LogP contribution in [0.4, 0.5) is 0 Å². The van der Waals surface area contributed by atoms with Crippen LogP contribution in [0, 0.1) is 6.92 Å². The Bertz CT molecular complexity index is 851.